The second kappa shape index (κ2) is 15.0. The molecule has 1 aromatic carbocycles. The zero-order chi connectivity index (χ0) is 20.2. The van der Waals surface area contributed by atoms with Gasteiger partial charge in [-0.25, -0.2) is 0 Å². The Morgan fingerprint density at radius 2 is 1.77 bits per heavy atom. The molecule has 6 nitrogen and oxygen atoms in total. The summed E-state index contributed by atoms with van der Waals surface area (Å²) >= 11 is 0. The van der Waals surface area contributed by atoms with Crippen molar-refractivity contribution < 1.29 is 4.74 Å². The number of hydrogen-bond acceptors (Lipinski definition) is 4. The van der Waals surface area contributed by atoms with E-state index in [4.69, 9.17) is 9.73 Å². The van der Waals surface area contributed by atoms with E-state index in [1.165, 1.54) is 44.5 Å². The van der Waals surface area contributed by atoms with Gasteiger partial charge in [0.05, 0.1) is 25.8 Å². The minimum atomic E-state index is 0. The first-order valence-corrected chi connectivity index (χ1v) is 11.5. The molecule has 2 aliphatic heterocycles. The predicted molar refractivity (Wildman–Crippen MR) is 136 cm³/mol. The standard InChI is InChI=1S/C23H39N5O.HI/c1-2-24-23(25-12-6-7-13-27-16-18-29-19-17-27)26-20-22(28-14-8-9-15-28)21-10-4-3-5-11-21;/h3-5,10-11,22H,2,6-9,12-20H2,1H3,(H2,24,25,26);1H. The lowest BCUT2D eigenvalue weighted by Gasteiger charge is -2.27. The predicted octanol–water partition coefficient (Wildman–Crippen LogP) is 3.11. The molecule has 0 saturated carbocycles. The maximum atomic E-state index is 5.42. The fraction of sp³-hybridized carbons (Fsp3) is 0.696. The van der Waals surface area contributed by atoms with Gasteiger partial charge in [0.15, 0.2) is 5.96 Å². The van der Waals surface area contributed by atoms with Gasteiger partial charge >= 0.3 is 0 Å². The van der Waals surface area contributed by atoms with Gasteiger partial charge in [0.1, 0.15) is 0 Å². The van der Waals surface area contributed by atoms with Gasteiger partial charge in [0, 0.05) is 26.2 Å². The van der Waals surface area contributed by atoms with Gasteiger partial charge in [-0.15, -0.1) is 24.0 Å². The summed E-state index contributed by atoms with van der Waals surface area (Å²) in [6.45, 7) is 12.2. The summed E-state index contributed by atoms with van der Waals surface area (Å²) in [5.74, 6) is 0.944. The van der Waals surface area contributed by atoms with Crippen LogP contribution in [0.2, 0.25) is 0 Å². The van der Waals surface area contributed by atoms with Crippen molar-refractivity contribution in [3.05, 3.63) is 35.9 Å². The number of rotatable bonds is 10. The van der Waals surface area contributed by atoms with Crippen LogP contribution in [0.4, 0.5) is 0 Å². The third-order valence-corrected chi connectivity index (χ3v) is 5.83. The number of morpholine rings is 1. The van der Waals surface area contributed by atoms with Crippen LogP contribution in [0.5, 0.6) is 0 Å². The molecule has 1 atom stereocenters. The molecule has 1 unspecified atom stereocenters. The first-order chi connectivity index (χ1) is 14.4. The van der Waals surface area contributed by atoms with Gasteiger partial charge in [-0.3, -0.25) is 14.8 Å². The van der Waals surface area contributed by atoms with E-state index in [0.717, 1.165) is 58.3 Å². The summed E-state index contributed by atoms with van der Waals surface area (Å²) in [4.78, 5) is 10.0. The van der Waals surface area contributed by atoms with Gasteiger partial charge in [-0.05, 0) is 57.8 Å². The summed E-state index contributed by atoms with van der Waals surface area (Å²) in [7, 11) is 0. The molecular weight excluding hydrogens is 489 g/mol. The number of hydrogen-bond donors (Lipinski definition) is 2. The highest BCUT2D eigenvalue weighted by atomic mass is 127. The topological polar surface area (TPSA) is 52.1 Å². The zero-order valence-electron chi connectivity index (χ0n) is 18.5. The van der Waals surface area contributed by atoms with E-state index in [1.807, 2.05) is 0 Å². The Bertz CT molecular complexity index is 589. The Hall–Kier alpha value is -0.900. The highest BCUT2D eigenvalue weighted by Crippen LogP contribution is 2.25. The van der Waals surface area contributed by atoms with Gasteiger partial charge < -0.3 is 15.4 Å². The molecule has 2 fully saturated rings. The smallest absolute Gasteiger partial charge is 0.191 e. The van der Waals surface area contributed by atoms with Crippen molar-refractivity contribution in [2.45, 2.75) is 38.6 Å². The van der Waals surface area contributed by atoms with Crippen molar-refractivity contribution >= 4 is 29.9 Å². The average molecular weight is 530 g/mol. The second-order valence-electron chi connectivity index (χ2n) is 7.98. The first-order valence-electron chi connectivity index (χ1n) is 11.5. The van der Waals surface area contributed by atoms with Crippen LogP contribution in [0.15, 0.2) is 35.3 Å². The van der Waals surface area contributed by atoms with E-state index in [-0.39, 0.29) is 24.0 Å². The third-order valence-electron chi connectivity index (χ3n) is 5.83. The Kier molecular flexibility index (Phi) is 12.7. The molecule has 1 aromatic rings. The van der Waals surface area contributed by atoms with Crippen molar-refractivity contribution in [3.63, 3.8) is 0 Å². The van der Waals surface area contributed by atoms with Crippen molar-refractivity contribution in [1.82, 2.24) is 20.4 Å². The maximum absolute atomic E-state index is 5.42. The molecule has 0 spiro atoms. The van der Waals surface area contributed by atoms with E-state index < -0.39 is 0 Å². The molecule has 0 amide bonds. The molecule has 0 aliphatic carbocycles. The van der Waals surface area contributed by atoms with Crippen LogP contribution in [-0.2, 0) is 4.74 Å². The molecule has 0 bridgehead atoms. The number of benzene rings is 1. The van der Waals surface area contributed by atoms with Gasteiger partial charge in [0.2, 0.25) is 0 Å². The van der Waals surface area contributed by atoms with Crippen molar-refractivity contribution in [2.24, 2.45) is 4.99 Å². The van der Waals surface area contributed by atoms with E-state index in [0.29, 0.717) is 6.04 Å². The average Bonchev–Trinajstić information content (AvgIpc) is 3.29. The summed E-state index contributed by atoms with van der Waals surface area (Å²) in [5.41, 5.74) is 1.37. The van der Waals surface area contributed by atoms with Crippen molar-refractivity contribution in [2.75, 3.05) is 65.6 Å². The molecule has 7 heteroatoms. The lowest BCUT2D eigenvalue weighted by molar-refractivity contribution is 0.0372. The number of guanidine groups is 1. The molecule has 30 heavy (non-hydrogen) atoms. The van der Waals surface area contributed by atoms with Crippen LogP contribution in [0.3, 0.4) is 0 Å². The molecule has 2 aliphatic rings. The number of unbranched alkanes of at least 4 members (excludes halogenated alkanes) is 1. The number of nitrogens with one attached hydrogen (secondary N) is 2. The van der Waals surface area contributed by atoms with Crippen LogP contribution >= 0.6 is 24.0 Å². The van der Waals surface area contributed by atoms with Crippen LogP contribution in [0.25, 0.3) is 0 Å². The number of likely N-dealkylation sites (tertiary alicyclic amines) is 1. The summed E-state index contributed by atoms with van der Waals surface area (Å²) in [6, 6.07) is 11.2. The number of halogens is 1. The molecule has 0 radical (unpaired) electrons. The Labute approximate surface area is 199 Å². The highest BCUT2D eigenvalue weighted by Gasteiger charge is 2.23. The van der Waals surface area contributed by atoms with E-state index >= 15 is 0 Å². The molecule has 3 rings (SSSR count). The van der Waals surface area contributed by atoms with Crippen LogP contribution < -0.4 is 10.6 Å². The van der Waals surface area contributed by atoms with Crippen LogP contribution in [0.1, 0.15) is 44.2 Å². The summed E-state index contributed by atoms with van der Waals surface area (Å²) in [6.07, 6.45) is 4.98. The van der Waals surface area contributed by atoms with Gasteiger partial charge in [0.25, 0.3) is 0 Å². The lowest BCUT2D eigenvalue weighted by Crippen LogP contribution is -2.39. The van der Waals surface area contributed by atoms with Crippen LogP contribution in [0, 0.1) is 0 Å². The molecular formula is C23H40IN5O. The molecule has 2 N–H and O–H groups in total. The minimum absolute atomic E-state index is 0. The second-order valence-corrected chi connectivity index (χ2v) is 7.98. The van der Waals surface area contributed by atoms with Gasteiger partial charge in [-0.2, -0.15) is 0 Å². The Morgan fingerprint density at radius 1 is 1.03 bits per heavy atom. The monoisotopic (exact) mass is 529 g/mol. The van der Waals surface area contributed by atoms with Gasteiger partial charge in [-0.1, -0.05) is 30.3 Å². The largest absolute Gasteiger partial charge is 0.379 e. The molecule has 2 heterocycles. The fourth-order valence-corrected chi connectivity index (χ4v) is 4.17. The van der Waals surface area contributed by atoms with E-state index in [1.54, 1.807) is 0 Å². The fourth-order valence-electron chi connectivity index (χ4n) is 4.17. The summed E-state index contributed by atoms with van der Waals surface area (Å²) < 4.78 is 5.42. The normalized spacial score (nSPS) is 19.3. The molecule has 170 valence electrons. The SMILES string of the molecule is CCNC(=NCC(c1ccccc1)N1CCCC1)NCCCCN1CCOCC1.I. The number of aliphatic imine (C=N–C) groups is 1. The lowest BCUT2D eigenvalue weighted by atomic mass is 10.1. The molecule has 0 aromatic heterocycles. The number of nitrogens with zero attached hydrogens (tertiary/aromatic N) is 3. The van der Waals surface area contributed by atoms with Crippen molar-refractivity contribution in [1.29, 1.82) is 0 Å². The van der Waals surface area contributed by atoms with E-state index in [9.17, 15) is 0 Å². The first kappa shape index (κ1) is 25.4. The maximum Gasteiger partial charge on any atom is 0.191 e. The quantitative estimate of drug-likeness (QED) is 0.211. The third kappa shape index (κ3) is 8.69. The van der Waals surface area contributed by atoms with E-state index in [2.05, 4.69) is 57.7 Å². The van der Waals surface area contributed by atoms with Crippen LogP contribution in [-0.4, -0.2) is 81.3 Å². The highest BCUT2D eigenvalue weighted by molar-refractivity contribution is 14.0. The number of ether oxygens (including phenoxy) is 1. The Balaban J connectivity index is 0.00000320. The Morgan fingerprint density at radius 3 is 2.47 bits per heavy atom. The minimum Gasteiger partial charge on any atom is -0.379 e. The van der Waals surface area contributed by atoms with Crippen molar-refractivity contribution in [3.8, 4) is 0 Å². The summed E-state index contributed by atoms with van der Waals surface area (Å²) in [5, 5.41) is 6.95. The molecule has 2 saturated heterocycles. The zero-order valence-corrected chi connectivity index (χ0v) is 20.9.